The van der Waals surface area contributed by atoms with Crippen molar-refractivity contribution in [2.45, 2.75) is 47.0 Å². The van der Waals surface area contributed by atoms with Crippen molar-refractivity contribution in [3.05, 3.63) is 0 Å². The van der Waals surface area contributed by atoms with E-state index in [-0.39, 0.29) is 0 Å². The molecule has 0 aliphatic carbocycles. The molecule has 0 unspecified atom stereocenters. The maximum absolute atomic E-state index is 12.0. The average Bonchev–Trinajstić information content (AvgIpc) is 2.15. The highest BCUT2D eigenvalue weighted by Gasteiger charge is 2.15. The van der Waals surface area contributed by atoms with Gasteiger partial charge in [-0.1, -0.05) is 43.6 Å². The minimum absolute atomic E-state index is 0.323. The summed E-state index contributed by atoms with van der Waals surface area (Å²) in [7, 11) is 0. The van der Waals surface area contributed by atoms with E-state index in [1.807, 2.05) is 4.90 Å². The number of rotatable bonds is 8. The van der Waals surface area contributed by atoms with Gasteiger partial charge in [0.1, 0.15) is 0 Å². The van der Waals surface area contributed by atoms with Crippen LogP contribution in [-0.4, -0.2) is 29.2 Å². The molecular weight excluding hydrogens is 266 g/mol. The van der Waals surface area contributed by atoms with E-state index in [9.17, 15) is 4.79 Å². The zero-order valence-electron chi connectivity index (χ0n) is 11.1. The molecule has 0 saturated carbocycles. The van der Waals surface area contributed by atoms with Crippen LogP contribution in [0, 0.1) is 11.8 Å². The van der Waals surface area contributed by atoms with Crippen LogP contribution < -0.4 is 0 Å². The Balaban J connectivity index is 4.10. The Hall–Kier alpha value is -0.0500. The van der Waals surface area contributed by atoms with E-state index in [1.165, 1.54) is 0 Å². The van der Waals surface area contributed by atoms with E-state index in [1.54, 1.807) is 0 Å². The molecule has 0 saturated heterocycles. The van der Waals surface area contributed by atoms with E-state index in [0.717, 1.165) is 31.3 Å². The zero-order chi connectivity index (χ0) is 12.6. The molecule has 16 heavy (non-hydrogen) atoms. The van der Waals surface area contributed by atoms with Crippen LogP contribution in [0.4, 0.5) is 0 Å². The molecule has 0 aromatic rings. The summed E-state index contributed by atoms with van der Waals surface area (Å²) < 4.78 is 0. The van der Waals surface area contributed by atoms with Crippen molar-refractivity contribution < 1.29 is 4.79 Å². The van der Waals surface area contributed by atoms with Crippen LogP contribution in [0.1, 0.15) is 47.0 Å². The Morgan fingerprint density at radius 3 is 1.94 bits per heavy atom. The molecule has 96 valence electrons. The molecule has 0 aliphatic heterocycles. The SMILES string of the molecule is CC(C)CN(CC(C)C)C(=O)CCCCBr. The van der Waals surface area contributed by atoms with Crippen LogP contribution in [0.5, 0.6) is 0 Å². The third kappa shape index (κ3) is 8.14. The molecule has 0 aromatic heterocycles. The van der Waals surface area contributed by atoms with E-state index < -0.39 is 0 Å². The maximum atomic E-state index is 12.0. The van der Waals surface area contributed by atoms with Crippen LogP contribution >= 0.6 is 15.9 Å². The molecule has 0 atom stereocenters. The minimum atomic E-state index is 0.323. The topological polar surface area (TPSA) is 20.3 Å². The highest BCUT2D eigenvalue weighted by Crippen LogP contribution is 2.08. The quantitative estimate of drug-likeness (QED) is 0.493. The third-order valence-corrected chi connectivity index (χ3v) is 2.86. The molecule has 0 N–H and O–H groups in total. The van der Waals surface area contributed by atoms with Gasteiger partial charge < -0.3 is 4.90 Å². The number of carbonyl (C=O) groups excluding carboxylic acids is 1. The van der Waals surface area contributed by atoms with Crippen LogP contribution in [0.2, 0.25) is 0 Å². The summed E-state index contributed by atoms with van der Waals surface area (Å²) in [6.45, 7) is 10.5. The van der Waals surface area contributed by atoms with E-state index >= 15 is 0 Å². The van der Waals surface area contributed by atoms with E-state index in [2.05, 4.69) is 43.6 Å². The smallest absolute Gasteiger partial charge is 0.222 e. The summed E-state index contributed by atoms with van der Waals surface area (Å²) in [4.78, 5) is 14.0. The second-order valence-corrected chi connectivity index (χ2v) is 6.03. The highest BCUT2D eigenvalue weighted by molar-refractivity contribution is 9.09. The van der Waals surface area contributed by atoms with Crippen molar-refractivity contribution >= 4 is 21.8 Å². The summed E-state index contributed by atoms with van der Waals surface area (Å²) in [5.41, 5.74) is 0. The Bertz CT molecular complexity index is 182. The number of alkyl halides is 1. The summed E-state index contributed by atoms with van der Waals surface area (Å²) in [5, 5.41) is 0.995. The summed E-state index contributed by atoms with van der Waals surface area (Å²) in [6.07, 6.45) is 2.78. The van der Waals surface area contributed by atoms with Gasteiger partial charge in [0.05, 0.1) is 0 Å². The predicted molar refractivity (Wildman–Crippen MR) is 73.9 cm³/mol. The number of halogens is 1. The van der Waals surface area contributed by atoms with Crippen molar-refractivity contribution in [3.8, 4) is 0 Å². The second-order valence-electron chi connectivity index (χ2n) is 5.23. The first kappa shape index (κ1) is 16.0. The normalized spacial score (nSPS) is 11.2. The molecule has 0 rings (SSSR count). The van der Waals surface area contributed by atoms with Crippen molar-refractivity contribution in [2.24, 2.45) is 11.8 Å². The van der Waals surface area contributed by atoms with E-state index in [0.29, 0.717) is 24.2 Å². The van der Waals surface area contributed by atoms with Crippen molar-refractivity contribution in [1.29, 1.82) is 0 Å². The number of hydrogen-bond donors (Lipinski definition) is 0. The number of unbranched alkanes of at least 4 members (excludes halogenated alkanes) is 1. The van der Waals surface area contributed by atoms with E-state index in [4.69, 9.17) is 0 Å². The van der Waals surface area contributed by atoms with Crippen LogP contribution in [-0.2, 0) is 4.79 Å². The standard InChI is InChI=1S/C13H26BrNO/c1-11(2)9-15(10-12(3)4)13(16)7-5-6-8-14/h11-12H,5-10H2,1-4H3. The monoisotopic (exact) mass is 291 g/mol. The lowest BCUT2D eigenvalue weighted by atomic mass is 10.1. The summed E-state index contributed by atoms with van der Waals surface area (Å²) in [6, 6.07) is 0. The van der Waals surface area contributed by atoms with Gasteiger partial charge in [0.25, 0.3) is 0 Å². The second kappa shape index (κ2) is 9.03. The summed E-state index contributed by atoms with van der Waals surface area (Å²) in [5.74, 6) is 1.43. The minimum Gasteiger partial charge on any atom is -0.342 e. The van der Waals surface area contributed by atoms with Gasteiger partial charge in [0.15, 0.2) is 0 Å². The average molecular weight is 292 g/mol. The Morgan fingerprint density at radius 1 is 1.06 bits per heavy atom. The Labute approximate surface area is 109 Å². The molecule has 2 nitrogen and oxygen atoms in total. The molecule has 1 amide bonds. The van der Waals surface area contributed by atoms with Crippen molar-refractivity contribution in [1.82, 2.24) is 4.90 Å². The fourth-order valence-electron chi connectivity index (χ4n) is 1.69. The van der Waals surface area contributed by atoms with Gasteiger partial charge in [-0.3, -0.25) is 4.79 Å². The highest BCUT2D eigenvalue weighted by atomic mass is 79.9. The predicted octanol–water partition coefficient (Wildman–Crippen LogP) is 3.69. The van der Waals surface area contributed by atoms with Gasteiger partial charge >= 0.3 is 0 Å². The first-order valence-electron chi connectivity index (χ1n) is 6.31. The van der Waals surface area contributed by atoms with Crippen LogP contribution in [0.25, 0.3) is 0 Å². The zero-order valence-corrected chi connectivity index (χ0v) is 12.7. The lowest BCUT2D eigenvalue weighted by Crippen LogP contribution is -2.36. The molecule has 3 heteroatoms. The van der Waals surface area contributed by atoms with Crippen molar-refractivity contribution in [2.75, 3.05) is 18.4 Å². The molecule has 0 fully saturated rings. The van der Waals surface area contributed by atoms with Crippen LogP contribution in [0.3, 0.4) is 0 Å². The van der Waals surface area contributed by atoms with Gasteiger partial charge in [0.2, 0.25) is 5.91 Å². The first-order valence-corrected chi connectivity index (χ1v) is 7.43. The third-order valence-electron chi connectivity index (χ3n) is 2.30. The molecule has 0 spiro atoms. The molecule has 0 aromatic carbocycles. The molecule has 0 heterocycles. The number of amides is 1. The number of nitrogens with zero attached hydrogens (tertiary/aromatic N) is 1. The van der Waals surface area contributed by atoms with Gasteiger partial charge in [-0.2, -0.15) is 0 Å². The van der Waals surface area contributed by atoms with Gasteiger partial charge in [-0.15, -0.1) is 0 Å². The lowest BCUT2D eigenvalue weighted by Gasteiger charge is -2.26. The Kier molecular flexibility index (Phi) is 9.00. The molecule has 0 aliphatic rings. The fourth-order valence-corrected chi connectivity index (χ4v) is 2.09. The van der Waals surface area contributed by atoms with Gasteiger partial charge in [-0.05, 0) is 24.7 Å². The van der Waals surface area contributed by atoms with Gasteiger partial charge in [-0.25, -0.2) is 0 Å². The number of hydrogen-bond acceptors (Lipinski definition) is 1. The lowest BCUT2D eigenvalue weighted by molar-refractivity contribution is -0.132. The molecule has 0 radical (unpaired) electrons. The van der Waals surface area contributed by atoms with Gasteiger partial charge in [0, 0.05) is 24.8 Å². The largest absolute Gasteiger partial charge is 0.342 e. The first-order chi connectivity index (χ1) is 7.47. The van der Waals surface area contributed by atoms with Crippen LogP contribution in [0.15, 0.2) is 0 Å². The maximum Gasteiger partial charge on any atom is 0.222 e. The molecular formula is C13H26BrNO. The fraction of sp³-hybridized carbons (Fsp3) is 0.923. The molecule has 0 bridgehead atoms. The Morgan fingerprint density at radius 2 is 1.56 bits per heavy atom. The van der Waals surface area contributed by atoms with Crippen molar-refractivity contribution in [3.63, 3.8) is 0 Å². The summed E-state index contributed by atoms with van der Waals surface area (Å²) >= 11 is 3.39. The number of carbonyl (C=O) groups is 1.